The van der Waals surface area contributed by atoms with E-state index in [4.69, 9.17) is 19.3 Å². The van der Waals surface area contributed by atoms with Gasteiger partial charge in [0.05, 0.1) is 18.3 Å². The molecule has 44 heavy (non-hydrogen) atoms. The summed E-state index contributed by atoms with van der Waals surface area (Å²) in [7, 11) is 0. The Kier molecular flexibility index (Phi) is 9.03. The molecule has 1 unspecified atom stereocenters. The summed E-state index contributed by atoms with van der Waals surface area (Å²) in [6, 6.07) is 25.9. The van der Waals surface area contributed by atoms with Crippen LogP contribution in [-0.2, 0) is 9.47 Å². The molecule has 1 saturated carbocycles. The zero-order valence-electron chi connectivity index (χ0n) is 26.1. The van der Waals surface area contributed by atoms with Crippen molar-refractivity contribution < 1.29 is 19.0 Å². The summed E-state index contributed by atoms with van der Waals surface area (Å²) in [4.78, 5) is 11.9. The zero-order chi connectivity index (χ0) is 30.5. The van der Waals surface area contributed by atoms with E-state index in [2.05, 4.69) is 70.7 Å². The van der Waals surface area contributed by atoms with Crippen molar-refractivity contribution in [2.24, 2.45) is 5.92 Å². The minimum Gasteiger partial charge on any atom is -0.492 e. The van der Waals surface area contributed by atoms with E-state index in [-0.39, 0.29) is 6.23 Å². The molecule has 3 aromatic carbocycles. The highest BCUT2D eigenvalue weighted by atomic mass is 16.6. The van der Waals surface area contributed by atoms with Crippen LogP contribution in [0.4, 0.5) is 4.79 Å². The molecule has 2 heterocycles. The molecular weight excluding hydrogens is 550 g/mol. The van der Waals surface area contributed by atoms with Crippen molar-refractivity contribution in [2.75, 3.05) is 19.8 Å². The Bertz CT molecular complexity index is 1590. The molecular formula is C37H43N3O4. The van der Waals surface area contributed by atoms with Gasteiger partial charge in [-0.25, -0.2) is 9.48 Å². The minimum atomic E-state index is -0.529. The highest BCUT2D eigenvalue weighted by molar-refractivity contribution is 6.01. The average Bonchev–Trinajstić information content (AvgIpc) is 3.42. The molecule has 2 fully saturated rings. The fourth-order valence-electron chi connectivity index (χ4n) is 6.09. The van der Waals surface area contributed by atoms with Crippen molar-refractivity contribution in [1.29, 1.82) is 0 Å². The van der Waals surface area contributed by atoms with Gasteiger partial charge in [0.2, 0.25) is 0 Å². The number of nitrogens with one attached hydrogen (secondary N) is 1. The normalized spacial score (nSPS) is 17.9. The Hall–Kier alpha value is -4.10. The first-order valence-electron chi connectivity index (χ1n) is 15.9. The summed E-state index contributed by atoms with van der Waals surface area (Å²) in [5, 5.41) is 8.62. The number of carbonyl (C=O) groups is 1. The first kappa shape index (κ1) is 29.9. The smallest absolute Gasteiger partial charge is 0.407 e. The van der Waals surface area contributed by atoms with Crippen molar-refractivity contribution in [3.05, 3.63) is 95.7 Å². The maximum absolute atomic E-state index is 11.9. The van der Waals surface area contributed by atoms with E-state index >= 15 is 0 Å². The van der Waals surface area contributed by atoms with Crippen LogP contribution in [0.2, 0.25) is 0 Å². The van der Waals surface area contributed by atoms with Gasteiger partial charge in [0.15, 0.2) is 6.23 Å². The quantitative estimate of drug-likeness (QED) is 0.156. The van der Waals surface area contributed by atoms with Gasteiger partial charge in [-0.3, -0.25) is 0 Å². The van der Waals surface area contributed by atoms with Gasteiger partial charge in [-0.1, -0.05) is 55.0 Å². The maximum atomic E-state index is 11.9. The van der Waals surface area contributed by atoms with E-state index in [0.29, 0.717) is 19.1 Å². The van der Waals surface area contributed by atoms with Crippen LogP contribution in [0.3, 0.4) is 0 Å². The van der Waals surface area contributed by atoms with Gasteiger partial charge < -0.3 is 19.5 Å². The summed E-state index contributed by atoms with van der Waals surface area (Å²) < 4.78 is 19.4. The first-order chi connectivity index (χ1) is 21.4. The fraction of sp³-hybridized carbons (Fsp3) is 0.405. The number of nitrogens with zero attached hydrogens (tertiary/aromatic N) is 2. The van der Waals surface area contributed by atoms with Crippen LogP contribution in [0.25, 0.3) is 22.0 Å². The van der Waals surface area contributed by atoms with Gasteiger partial charge in [0.1, 0.15) is 18.0 Å². The fourth-order valence-corrected chi connectivity index (χ4v) is 6.09. The second-order valence-corrected chi connectivity index (χ2v) is 12.8. The van der Waals surface area contributed by atoms with Crippen molar-refractivity contribution in [3.8, 4) is 5.75 Å². The molecule has 1 aliphatic heterocycles. The number of amides is 1. The van der Waals surface area contributed by atoms with Gasteiger partial charge in [-0.15, -0.1) is 0 Å². The van der Waals surface area contributed by atoms with Gasteiger partial charge in [0, 0.05) is 12.0 Å². The van der Waals surface area contributed by atoms with E-state index in [1.165, 1.54) is 48.0 Å². The van der Waals surface area contributed by atoms with Crippen molar-refractivity contribution in [2.45, 2.75) is 71.1 Å². The predicted octanol–water partition coefficient (Wildman–Crippen LogP) is 8.40. The molecule has 7 nitrogen and oxygen atoms in total. The van der Waals surface area contributed by atoms with Crippen LogP contribution < -0.4 is 10.1 Å². The third-order valence-corrected chi connectivity index (χ3v) is 8.36. The van der Waals surface area contributed by atoms with Crippen LogP contribution in [0, 0.1) is 5.92 Å². The zero-order valence-corrected chi connectivity index (χ0v) is 26.1. The van der Waals surface area contributed by atoms with Crippen molar-refractivity contribution in [1.82, 2.24) is 15.1 Å². The van der Waals surface area contributed by atoms with Crippen LogP contribution >= 0.6 is 0 Å². The molecule has 6 rings (SSSR count). The molecule has 0 spiro atoms. The Balaban J connectivity index is 1.30. The number of rotatable bonds is 9. The average molecular weight is 594 g/mol. The monoisotopic (exact) mass is 593 g/mol. The number of benzene rings is 3. The number of carbonyl (C=O) groups excluding carboxylic acids is 1. The molecule has 230 valence electrons. The van der Waals surface area contributed by atoms with Crippen LogP contribution in [0.15, 0.2) is 79.0 Å². The molecule has 1 amide bonds. The maximum Gasteiger partial charge on any atom is 0.407 e. The molecule has 4 aromatic rings. The van der Waals surface area contributed by atoms with E-state index < -0.39 is 11.7 Å². The number of hydrogen-bond donors (Lipinski definition) is 1. The van der Waals surface area contributed by atoms with E-state index in [9.17, 15) is 4.79 Å². The minimum absolute atomic E-state index is 0.00356. The van der Waals surface area contributed by atoms with Crippen molar-refractivity contribution >= 4 is 28.1 Å². The SMILES string of the molecule is CC(C)(C)OC(=O)NCCOc1ccc(C(=C(c2ccccc2)C2CCC2)c2ccc3c(cnn3C3CCCCO3)c2)cc1. The molecule has 1 saturated heterocycles. The molecule has 0 bridgehead atoms. The number of ether oxygens (including phenoxy) is 3. The van der Waals surface area contributed by atoms with Crippen LogP contribution in [0.1, 0.15) is 82.2 Å². The summed E-state index contributed by atoms with van der Waals surface area (Å²) in [6.45, 7) is 7.04. The number of hydrogen-bond acceptors (Lipinski definition) is 5. The van der Waals surface area contributed by atoms with Gasteiger partial charge in [-0.05, 0) is 111 Å². The lowest BCUT2D eigenvalue weighted by Gasteiger charge is -2.31. The highest BCUT2D eigenvalue weighted by Crippen LogP contribution is 2.45. The van der Waals surface area contributed by atoms with E-state index in [0.717, 1.165) is 41.7 Å². The third-order valence-electron chi connectivity index (χ3n) is 8.36. The van der Waals surface area contributed by atoms with Gasteiger partial charge in [0.25, 0.3) is 0 Å². The summed E-state index contributed by atoms with van der Waals surface area (Å²) >= 11 is 0. The number of allylic oxidation sites excluding steroid dienone is 1. The van der Waals surface area contributed by atoms with Crippen LogP contribution in [-0.4, -0.2) is 41.2 Å². The largest absolute Gasteiger partial charge is 0.492 e. The second kappa shape index (κ2) is 13.3. The first-order valence-corrected chi connectivity index (χ1v) is 15.9. The third kappa shape index (κ3) is 6.99. The predicted molar refractivity (Wildman–Crippen MR) is 174 cm³/mol. The molecule has 1 N–H and O–H groups in total. The van der Waals surface area contributed by atoms with Gasteiger partial charge >= 0.3 is 6.09 Å². The van der Waals surface area contributed by atoms with E-state index in [1.54, 1.807) is 0 Å². The Morgan fingerprint density at radius 2 is 1.70 bits per heavy atom. The Labute approximate surface area is 260 Å². The standard InChI is InChI=1S/C37H43N3O4/c1-37(2,3)44-36(41)38-21-23-42-31-18-15-28(16-19-31)35(34(27-12-9-13-27)26-10-5-4-6-11-26)29-17-20-32-30(24-29)25-39-40(32)33-14-7-8-22-43-33/h4-6,10-11,15-20,24-25,27,33H,7-9,12-14,21-23H2,1-3H3,(H,38,41). The lowest BCUT2D eigenvalue weighted by Crippen LogP contribution is -2.34. The summed E-state index contributed by atoms with van der Waals surface area (Å²) in [6.07, 6.45) is 8.46. The topological polar surface area (TPSA) is 74.6 Å². The lowest BCUT2D eigenvalue weighted by molar-refractivity contribution is -0.0366. The molecule has 1 atom stereocenters. The lowest BCUT2D eigenvalue weighted by atomic mass is 9.73. The second-order valence-electron chi connectivity index (χ2n) is 12.8. The van der Waals surface area contributed by atoms with Gasteiger partial charge in [-0.2, -0.15) is 5.10 Å². The summed E-state index contributed by atoms with van der Waals surface area (Å²) in [5.74, 6) is 1.27. The summed E-state index contributed by atoms with van der Waals surface area (Å²) in [5.41, 5.74) is 6.83. The van der Waals surface area contributed by atoms with E-state index in [1.807, 2.05) is 39.1 Å². The molecule has 7 heteroatoms. The highest BCUT2D eigenvalue weighted by Gasteiger charge is 2.28. The molecule has 1 aromatic heterocycles. The number of aromatic nitrogens is 2. The van der Waals surface area contributed by atoms with Crippen molar-refractivity contribution in [3.63, 3.8) is 0 Å². The van der Waals surface area contributed by atoms with Crippen LogP contribution in [0.5, 0.6) is 5.75 Å². The number of alkyl carbamates (subject to hydrolysis) is 1. The molecule has 1 aliphatic carbocycles. The molecule has 0 radical (unpaired) electrons. The molecule has 2 aliphatic rings. The number of fused-ring (bicyclic) bond motifs is 1. The Morgan fingerprint density at radius 1 is 0.932 bits per heavy atom. The Morgan fingerprint density at radius 3 is 2.39 bits per heavy atom.